The van der Waals surface area contributed by atoms with Gasteiger partial charge in [0.2, 0.25) is 0 Å². The minimum atomic E-state index is -4.83. The van der Waals surface area contributed by atoms with Gasteiger partial charge >= 0.3 is 12.4 Å². The third-order valence-electron chi connectivity index (χ3n) is 5.28. The number of aliphatic hydroxyl groups excluding tert-OH is 1. The van der Waals surface area contributed by atoms with E-state index in [-0.39, 0.29) is 34.7 Å². The van der Waals surface area contributed by atoms with Crippen LogP contribution >= 0.6 is 0 Å². The van der Waals surface area contributed by atoms with Crippen LogP contribution in [0.25, 0.3) is 16.6 Å². The van der Waals surface area contributed by atoms with Crippen molar-refractivity contribution in [3.05, 3.63) is 29.8 Å². The van der Waals surface area contributed by atoms with Crippen LogP contribution in [0.1, 0.15) is 25.3 Å². The van der Waals surface area contributed by atoms with Crippen molar-refractivity contribution < 1.29 is 31.4 Å². The molecular weight excluding hydrogens is 404 g/mol. The summed E-state index contributed by atoms with van der Waals surface area (Å²) in [6.45, 7) is 1.67. The van der Waals surface area contributed by atoms with E-state index in [9.17, 15) is 31.4 Å². The fourth-order valence-electron chi connectivity index (χ4n) is 3.97. The summed E-state index contributed by atoms with van der Waals surface area (Å²) < 4.78 is 81.2. The van der Waals surface area contributed by atoms with E-state index in [1.807, 2.05) is 0 Å². The first-order valence-electron chi connectivity index (χ1n) is 8.73. The van der Waals surface area contributed by atoms with Gasteiger partial charge in [-0.15, -0.1) is 5.10 Å². The second-order valence-electron chi connectivity index (χ2n) is 7.09. The number of tetrazole rings is 1. The van der Waals surface area contributed by atoms with Crippen molar-refractivity contribution in [1.29, 1.82) is 0 Å². The van der Waals surface area contributed by atoms with Crippen molar-refractivity contribution >= 4 is 22.2 Å². The molecule has 1 aliphatic rings. The van der Waals surface area contributed by atoms with Gasteiger partial charge in [0.05, 0.1) is 17.1 Å². The summed E-state index contributed by atoms with van der Waals surface area (Å²) in [6, 6.07) is 3.06. The van der Waals surface area contributed by atoms with Crippen molar-refractivity contribution in [1.82, 2.24) is 20.0 Å². The first-order chi connectivity index (χ1) is 13.5. The topological polar surface area (TPSA) is 66.5 Å². The monoisotopic (exact) mass is 419 g/mol. The van der Waals surface area contributed by atoms with Gasteiger partial charge in [0.25, 0.3) is 0 Å². The number of aromatic nitrogens is 4. The van der Waals surface area contributed by atoms with Crippen LogP contribution < -0.4 is 4.90 Å². The molecule has 4 rings (SSSR count). The molecule has 0 bridgehead atoms. The highest BCUT2D eigenvalue weighted by Crippen LogP contribution is 2.40. The van der Waals surface area contributed by atoms with E-state index in [0.29, 0.717) is 6.42 Å². The van der Waals surface area contributed by atoms with E-state index in [0.717, 1.165) is 10.6 Å². The summed E-state index contributed by atoms with van der Waals surface area (Å²) in [4.78, 5) is 1.33. The first-order valence-corrected chi connectivity index (χ1v) is 8.73. The van der Waals surface area contributed by atoms with E-state index < -0.39 is 30.1 Å². The molecule has 1 fully saturated rings. The number of fused-ring (bicyclic) bond motifs is 3. The number of hydrogen-bond donors (Lipinski definition) is 1. The Morgan fingerprint density at radius 3 is 2.48 bits per heavy atom. The maximum atomic E-state index is 13.6. The molecule has 3 aromatic rings. The number of rotatable bonds is 2. The number of aliphatic hydroxyl groups is 1. The minimum absolute atomic E-state index is 0.0675. The standard InChI is InChI=1S/C17H15F6N5O/c1-8-2-4-13(15(29)17(21,22)23)27(8)9-3-5-12-10(6-9)11(16(18,19)20)7-14-24-25-26-28(12)14/h3,5-8,13,15,29H,2,4H2,1H3/t8-,13-,15-/m1/s1. The third kappa shape index (κ3) is 3.24. The van der Waals surface area contributed by atoms with E-state index in [2.05, 4.69) is 15.5 Å². The Kier molecular flexibility index (Phi) is 4.37. The van der Waals surface area contributed by atoms with Gasteiger partial charge in [0, 0.05) is 17.1 Å². The van der Waals surface area contributed by atoms with E-state index >= 15 is 0 Å². The molecule has 3 atom stereocenters. The van der Waals surface area contributed by atoms with Gasteiger partial charge in [-0.25, -0.2) is 0 Å². The highest BCUT2D eigenvalue weighted by atomic mass is 19.4. The Bertz CT molecular complexity index is 1060. The number of halogens is 6. The van der Waals surface area contributed by atoms with Crippen LogP contribution in [-0.2, 0) is 6.18 Å². The Morgan fingerprint density at radius 2 is 1.83 bits per heavy atom. The summed E-state index contributed by atoms with van der Waals surface area (Å²) in [5, 5.41) is 20.1. The van der Waals surface area contributed by atoms with Crippen molar-refractivity contribution in [3.63, 3.8) is 0 Å². The zero-order valence-electron chi connectivity index (χ0n) is 14.9. The summed E-state index contributed by atoms with van der Waals surface area (Å²) in [6.07, 6.45) is -11.7. The molecule has 156 valence electrons. The van der Waals surface area contributed by atoms with Crippen LogP contribution in [0.4, 0.5) is 32.0 Å². The van der Waals surface area contributed by atoms with Crippen LogP contribution in [0.5, 0.6) is 0 Å². The van der Waals surface area contributed by atoms with Crippen LogP contribution in [0.3, 0.4) is 0 Å². The second kappa shape index (κ2) is 6.44. The van der Waals surface area contributed by atoms with Crippen LogP contribution in [0.15, 0.2) is 24.3 Å². The van der Waals surface area contributed by atoms with Crippen LogP contribution in [0.2, 0.25) is 0 Å². The largest absolute Gasteiger partial charge is 0.417 e. The SMILES string of the molecule is C[C@@H]1CC[C@H]([C@@H](O)C(F)(F)F)N1c1ccc2c(c1)c(C(F)(F)F)cc1nnnn12. The van der Waals surface area contributed by atoms with E-state index in [1.165, 1.54) is 23.1 Å². The maximum Gasteiger partial charge on any atom is 0.417 e. The van der Waals surface area contributed by atoms with Crippen molar-refractivity contribution in [2.45, 2.75) is 50.3 Å². The van der Waals surface area contributed by atoms with Gasteiger partial charge in [0.15, 0.2) is 11.8 Å². The lowest BCUT2D eigenvalue weighted by molar-refractivity contribution is -0.209. The molecule has 29 heavy (non-hydrogen) atoms. The number of hydrogen-bond acceptors (Lipinski definition) is 5. The van der Waals surface area contributed by atoms with Gasteiger partial charge in [-0.2, -0.15) is 30.9 Å². The van der Waals surface area contributed by atoms with Crippen LogP contribution in [-0.4, -0.2) is 49.5 Å². The Hall–Kier alpha value is -2.63. The molecule has 0 spiro atoms. The molecular formula is C17H15F6N5O. The summed E-state index contributed by atoms with van der Waals surface area (Å²) in [7, 11) is 0. The number of alkyl halides is 6. The van der Waals surface area contributed by atoms with Gasteiger partial charge in [-0.3, -0.25) is 0 Å². The molecule has 0 unspecified atom stereocenters. The molecule has 1 aliphatic heterocycles. The van der Waals surface area contributed by atoms with Gasteiger partial charge < -0.3 is 10.0 Å². The minimum Gasteiger partial charge on any atom is -0.382 e. The maximum absolute atomic E-state index is 13.6. The average molecular weight is 419 g/mol. The third-order valence-corrected chi connectivity index (χ3v) is 5.28. The highest BCUT2D eigenvalue weighted by Gasteiger charge is 2.49. The number of nitrogens with zero attached hydrogens (tertiary/aromatic N) is 5. The molecule has 1 N–H and O–H groups in total. The molecule has 0 amide bonds. The summed E-state index contributed by atoms with van der Waals surface area (Å²) >= 11 is 0. The van der Waals surface area contributed by atoms with Gasteiger partial charge in [-0.1, -0.05) is 0 Å². The quantitative estimate of drug-likeness (QED) is 0.644. The van der Waals surface area contributed by atoms with Crippen molar-refractivity contribution in [2.24, 2.45) is 0 Å². The Balaban J connectivity index is 1.89. The number of pyridine rings is 1. The second-order valence-corrected chi connectivity index (χ2v) is 7.09. The fourth-order valence-corrected chi connectivity index (χ4v) is 3.97. The van der Waals surface area contributed by atoms with Gasteiger partial charge in [0.1, 0.15) is 0 Å². The normalized spacial score (nSPS) is 22.0. The van der Waals surface area contributed by atoms with Crippen LogP contribution in [0, 0.1) is 0 Å². The lowest BCUT2D eigenvalue weighted by atomic mass is 10.0. The zero-order chi connectivity index (χ0) is 21.1. The number of anilines is 1. The molecule has 1 saturated heterocycles. The summed E-state index contributed by atoms with van der Waals surface area (Å²) in [5.74, 6) is 0. The zero-order valence-corrected chi connectivity index (χ0v) is 14.9. The Labute approximate surface area is 159 Å². The molecule has 6 nitrogen and oxygen atoms in total. The Morgan fingerprint density at radius 1 is 1.10 bits per heavy atom. The molecule has 0 saturated carbocycles. The van der Waals surface area contributed by atoms with E-state index in [4.69, 9.17) is 0 Å². The molecule has 0 aliphatic carbocycles. The summed E-state index contributed by atoms with van der Waals surface area (Å²) in [5.41, 5.74) is -0.856. The average Bonchev–Trinajstić information content (AvgIpc) is 3.24. The molecule has 1 aromatic carbocycles. The molecule has 12 heteroatoms. The first kappa shape index (κ1) is 19.7. The lowest BCUT2D eigenvalue weighted by Gasteiger charge is -2.34. The van der Waals surface area contributed by atoms with Crippen molar-refractivity contribution in [2.75, 3.05) is 4.90 Å². The number of benzene rings is 1. The van der Waals surface area contributed by atoms with E-state index in [1.54, 1.807) is 6.92 Å². The predicted molar refractivity (Wildman–Crippen MR) is 90.3 cm³/mol. The van der Waals surface area contributed by atoms with Gasteiger partial charge in [-0.05, 0) is 54.5 Å². The highest BCUT2D eigenvalue weighted by molar-refractivity contribution is 5.89. The predicted octanol–water partition coefficient (Wildman–Crippen LogP) is 3.58. The molecule has 3 heterocycles. The van der Waals surface area contributed by atoms with Crippen molar-refractivity contribution in [3.8, 4) is 0 Å². The molecule has 0 radical (unpaired) electrons. The lowest BCUT2D eigenvalue weighted by Crippen LogP contribution is -2.48. The molecule has 2 aromatic heterocycles. The smallest absolute Gasteiger partial charge is 0.382 e. The fraction of sp³-hybridized carbons (Fsp3) is 0.471.